The minimum absolute atomic E-state index is 0.198. The zero-order valence-corrected chi connectivity index (χ0v) is 19.1. The largest absolute Gasteiger partial charge is 0.363 e. The highest BCUT2D eigenvalue weighted by atomic mass is 32.2. The third-order valence-corrected chi connectivity index (χ3v) is 6.57. The number of unbranched alkanes of at least 4 members (excludes halogenated alkanes) is 3. The summed E-state index contributed by atoms with van der Waals surface area (Å²) in [6.07, 6.45) is 13.0. The van der Waals surface area contributed by atoms with Gasteiger partial charge in [0.25, 0.3) is 10.9 Å². The molecular formula is C22H32N4O5S. The number of rotatable bonds is 12. The van der Waals surface area contributed by atoms with Crippen molar-refractivity contribution in [1.29, 1.82) is 0 Å². The topological polar surface area (TPSA) is 129 Å². The van der Waals surface area contributed by atoms with Crippen LogP contribution in [-0.4, -0.2) is 37.1 Å². The zero-order chi connectivity index (χ0) is 23.0. The van der Waals surface area contributed by atoms with E-state index in [1.165, 1.54) is 12.8 Å². The van der Waals surface area contributed by atoms with Crippen molar-refractivity contribution in [1.82, 2.24) is 9.71 Å². The first-order valence-electron chi connectivity index (χ1n) is 11.4. The highest BCUT2D eigenvalue weighted by molar-refractivity contribution is 7.83. The summed E-state index contributed by atoms with van der Waals surface area (Å²) < 4.78 is 32.2. The van der Waals surface area contributed by atoms with Gasteiger partial charge in [-0.15, -0.1) is 0 Å². The smallest absolute Gasteiger partial charge is 0.333 e. The molecule has 9 nitrogen and oxygen atoms in total. The summed E-state index contributed by atoms with van der Waals surface area (Å²) in [4.78, 5) is 31.1. The monoisotopic (exact) mass is 464 g/mol. The van der Waals surface area contributed by atoms with Crippen LogP contribution in [0.3, 0.4) is 0 Å². The number of hydrogen-bond acceptors (Lipinski definition) is 7. The van der Waals surface area contributed by atoms with E-state index in [4.69, 9.17) is 4.55 Å². The van der Waals surface area contributed by atoms with Crippen LogP contribution in [0.5, 0.6) is 0 Å². The van der Waals surface area contributed by atoms with Crippen LogP contribution in [0.2, 0.25) is 0 Å². The molecule has 0 radical (unpaired) electrons. The Balaban J connectivity index is 1.66. The molecule has 0 aliphatic heterocycles. The van der Waals surface area contributed by atoms with Crippen LogP contribution in [-0.2, 0) is 10.3 Å². The molecule has 0 unspecified atom stereocenters. The molecule has 10 heteroatoms. The van der Waals surface area contributed by atoms with Crippen LogP contribution in [0.1, 0.15) is 64.2 Å². The Morgan fingerprint density at radius 2 is 1.62 bits per heavy atom. The fourth-order valence-electron chi connectivity index (χ4n) is 4.36. The molecule has 0 amide bonds. The van der Waals surface area contributed by atoms with Crippen molar-refractivity contribution < 1.29 is 13.0 Å². The van der Waals surface area contributed by atoms with Gasteiger partial charge in [0.15, 0.2) is 0 Å². The minimum Gasteiger partial charge on any atom is -0.363 e. The van der Waals surface area contributed by atoms with E-state index in [1.54, 1.807) is 24.5 Å². The standard InChI is InChI=1S/C22H32N4O5S/c27-21-19(25-17-11-14-23-15-12-17)20(22(21)28)26(18-9-5-1-2-6-10-18)16-8-4-3-7-13-24-32(29,30)31/h11-12,14-15,18,24H,1-10,13,16H2,(H,23,25)(H,29,30,31). The highest BCUT2D eigenvalue weighted by Crippen LogP contribution is 2.31. The van der Waals surface area contributed by atoms with Crippen LogP contribution >= 0.6 is 0 Å². The Hall–Kier alpha value is -2.30. The Kier molecular flexibility index (Phi) is 8.77. The summed E-state index contributed by atoms with van der Waals surface area (Å²) in [5.74, 6) is 0. The molecule has 0 bridgehead atoms. The summed E-state index contributed by atoms with van der Waals surface area (Å²) in [7, 11) is -4.14. The van der Waals surface area contributed by atoms with Gasteiger partial charge in [0.05, 0.1) is 0 Å². The van der Waals surface area contributed by atoms with E-state index in [1.807, 2.05) is 0 Å². The fraction of sp³-hybridized carbons (Fsp3) is 0.591. The third-order valence-electron chi connectivity index (χ3n) is 6.00. The Labute approximate surface area is 188 Å². The van der Waals surface area contributed by atoms with Gasteiger partial charge in [0.1, 0.15) is 11.4 Å². The minimum atomic E-state index is -4.14. The fourth-order valence-corrected chi connectivity index (χ4v) is 4.76. The van der Waals surface area contributed by atoms with Gasteiger partial charge in [-0.2, -0.15) is 13.1 Å². The van der Waals surface area contributed by atoms with E-state index >= 15 is 0 Å². The average Bonchev–Trinajstić information content (AvgIpc) is 3.06. The molecule has 0 saturated heterocycles. The molecule has 1 aromatic heterocycles. The van der Waals surface area contributed by atoms with Crippen molar-refractivity contribution in [3.05, 3.63) is 45.0 Å². The van der Waals surface area contributed by atoms with Gasteiger partial charge in [-0.05, 0) is 37.8 Å². The quantitative estimate of drug-likeness (QED) is 0.189. The lowest BCUT2D eigenvalue weighted by molar-refractivity contribution is 0.464. The summed E-state index contributed by atoms with van der Waals surface area (Å²) in [6.45, 7) is 0.871. The third kappa shape index (κ3) is 6.85. The first-order chi connectivity index (χ1) is 15.4. The molecule has 1 fully saturated rings. The number of nitrogens with one attached hydrogen (secondary N) is 2. The van der Waals surface area contributed by atoms with Crippen molar-refractivity contribution in [3.8, 4) is 0 Å². The molecule has 1 aliphatic carbocycles. The van der Waals surface area contributed by atoms with E-state index in [0.717, 1.165) is 50.6 Å². The zero-order valence-electron chi connectivity index (χ0n) is 18.3. The Morgan fingerprint density at radius 1 is 0.969 bits per heavy atom. The van der Waals surface area contributed by atoms with E-state index in [9.17, 15) is 18.0 Å². The van der Waals surface area contributed by atoms with Crippen molar-refractivity contribution in [2.75, 3.05) is 23.3 Å². The van der Waals surface area contributed by atoms with Crippen LogP contribution in [0.4, 0.5) is 17.1 Å². The van der Waals surface area contributed by atoms with Crippen molar-refractivity contribution in [3.63, 3.8) is 0 Å². The van der Waals surface area contributed by atoms with Crippen LogP contribution in [0.15, 0.2) is 34.1 Å². The molecule has 3 rings (SSSR count). The lowest BCUT2D eigenvalue weighted by Crippen LogP contribution is -2.47. The Bertz CT molecular complexity index is 1030. The molecule has 0 atom stereocenters. The summed E-state index contributed by atoms with van der Waals surface area (Å²) in [5.41, 5.74) is 0.671. The SMILES string of the molecule is O=c1c(Nc2ccncc2)c(N(CCCCCCNS(=O)(=O)O)C2CCCCCC2)c1=O. The molecule has 176 valence electrons. The number of hydrogen-bond donors (Lipinski definition) is 3. The van der Waals surface area contributed by atoms with Gasteiger partial charge in [-0.1, -0.05) is 38.5 Å². The summed E-state index contributed by atoms with van der Waals surface area (Å²) in [6, 6.07) is 3.76. The second kappa shape index (κ2) is 11.5. The molecule has 2 aromatic rings. The molecule has 1 saturated carbocycles. The molecular weight excluding hydrogens is 432 g/mol. The van der Waals surface area contributed by atoms with Gasteiger partial charge in [-0.25, -0.2) is 0 Å². The maximum Gasteiger partial charge on any atom is 0.333 e. The number of aromatic nitrogens is 1. The molecule has 32 heavy (non-hydrogen) atoms. The first kappa shape index (κ1) is 24.3. The van der Waals surface area contributed by atoms with E-state index in [-0.39, 0.29) is 12.6 Å². The second-order valence-corrected chi connectivity index (χ2v) is 9.60. The van der Waals surface area contributed by atoms with Crippen molar-refractivity contribution in [2.24, 2.45) is 0 Å². The first-order valence-corrected chi connectivity index (χ1v) is 12.8. The van der Waals surface area contributed by atoms with Crippen LogP contribution in [0, 0.1) is 0 Å². The lowest BCUT2D eigenvalue weighted by Gasteiger charge is -2.35. The lowest BCUT2D eigenvalue weighted by atomic mass is 10.0. The maximum atomic E-state index is 12.6. The molecule has 0 spiro atoms. The van der Waals surface area contributed by atoms with Gasteiger partial charge in [-0.3, -0.25) is 19.1 Å². The normalized spacial score (nSPS) is 15.5. The van der Waals surface area contributed by atoms with Gasteiger partial charge >= 0.3 is 10.3 Å². The number of nitrogens with zero attached hydrogens (tertiary/aromatic N) is 2. The molecule has 3 N–H and O–H groups in total. The van der Waals surface area contributed by atoms with Crippen LogP contribution in [0.25, 0.3) is 0 Å². The average molecular weight is 465 g/mol. The van der Waals surface area contributed by atoms with E-state index in [0.29, 0.717) is 24.3 Å². The van der Waals surface area contributed by atoms with E-state index < -0.39 is 21.2 Å². The predicted molar refractivity (Wildman–Crippen MR) is 126 cm³/mol. The summed E-state index contributed by atoms with van der Waals surface area (Å²) >= 11 is 0. The highest BCUT2D eigenvalue weighted by Gasteiger charge is 2.30. The van der Waals surface area contributed by atoms with E-state index in [2.05, 4.69) is 19.9 Å². The number of pyridine rings is 1. The van der Waals surface area contributed by atoms with Crippen LogP contribution < -0.4 is 25.8 Å². The van der Waals surface area contributed by atoms with Gasteiger partial charge in [0, 0.05) is 37.2 Å². The molecule has 1 aliphatic rings. The van der Waals surface area contributed by atoms with Gasteiger partial charge in [0.2, 0.25) is 0 Å². The van der Waals surface area contributed by atoms with Crippen molar-refractivity contribution in [2.45, 2.75) is 70.3 Å². The molecule has 1 aromatic carbocycles. The van der Waals surface area contributed by atoms with Gasteiger partial charge < -0.3 is 10.2 Å². The Morgan fingerprint density at radius 3 is 2.28 bits per heavy atom. The second-order valence-electron chi connectivity index (χ2n) is 8.37. The predicted octanol–water partition coefficient (Wildman–Crippen LogP) is 2.90. The molecule has 1 heterocycles. The van der Waals surface area contributed by atoms with Crippen molar-refractivity contribution >= 4 is 27.4 Å². The summed E-state index contributed by atoms with van der Waals surface area (Å²) in [5, 5.41) is 3.12. The number of anilines is 3. The maximum absolute atomic E-state index is 12.6.